The summed E-state index contributed by atoms with van der Waals surface area (Å²) >= 11 is 0. The molecule has 5 N–H and O–H groups in total. The van der Waals surface area contributed by atoms with E-state index in [1.54, 1.807) is 0 Å². The first-order chi connectivity index (χ1) is 8.41. The van der Waals surface area contributed by atoms with Crippen LogP contribution in [0, 0.1) is 0 Å². The molecule has 8 heteroatoms. The van der Waals surface area contributed by atoms with E-state index in [9.17, 15) is 25.2 Å². The Morgan fingerprint density at radius 1 is 1.39 bits per heavy atom. The second-order valence-electron chi connectivity index (χ2n) is 4.26. The van der Waals surface area contributed by atoms with Gasteiger partial charge in [-0.15, -0.1) is 0 Å². The first-order valence-corrected chi connectivity index (χ1v) is 5.47. The van der Waals surface area contributed by atoms with Crippen molar-refractivity contribution in [1.82, 2.24) is 5.32 Å². The first-order valence-electron chi connectivity index (χ1n) is 5.47. The largest absolute Gasteiger partial charge is 0.393 e. The number of hydrogen-bond acceptors (Lipinski definition) is 7. The van der Waals surface area contributed by atoms with E-state index in [4.69, 9.17) is 9.47 Å². The fraction of sp³-hybridized carbons (Fsp3) is 0.900. The maximum absolute atomic E-state index is 11.0. The zero-order valence-corrected chi connectivity index (χ0v) is 10.2. The summed E-state index contributed by atoms with van der Waals surface area (Å²) in [6.07, 6.45) is -4.09. The zero-order valence-electron chi connectivity index (χ0n) is 10.2. The fourth-order valence-electron chi connectivity index (χ4n) is 1.94. The van der Waals surface area contributed by atoms with Gasteiger partial charge in [0.1, 0.15) is 23.9 Å². The standard InChI is InChI=1S/C10H19NO7/c1-5(14)11-6-7(15)8(16)10(3-12,4-13)18-9(6)17-2/h6-9,12-13,15-16H,3-4H2,1-2H3,(H,11,14)/t6-,7-,8-,9+/m1/s1. The normalized spacial score (nSPS) is 35.2. The van der Waals surface area contributed by atoms with Crippen LogP contribution in [0.3, 0.4) is 0 Å². The highest BCUT2D eigenvalue weighted by Gasteiger charge is 2.54. The first kappa shape index (κ1) is 15.3. The number of amides is 1. The van der Waals surface area contributed by atoms with Crippen LogP contribution in [-0.2, 0) is 14.3 Å². The van der Waals surface area contributed by atoms with Crippen molar-refractivity contribution >= 4 is 5.91 Å². The molecule has 0 aromatic rings. The Bertz CT molecular complexity index is 292. The van der Waals surface area contributed by atoms with Gasteiger partial charge in [-0.05, 0) is 0 Å². The Morgan fingerprint density at radius 3 is 2.33 bits per heavy atom. The highest BCUT2D eigenvalue weighted by molar-refractivity contribution is 5.73. The van der Waals surface area contributed by atoms with Crippen molar-refractivity contribution in [3.63, 3.8) is 0 Å². The molecule has 8 nitrogen and oxygen atoms in total. The highest BCUT2D eigenvalue weighted by atomic mass is 16.7. The molecule has 0 radical (unpaired) electrons. The van der Waals surface area contributed by atoms with Gasteiger partial charge < -0.3 is 35.2 Å². The SMILES string of the molecule is CO[C@H]1OC(CO)(CO)[C@H](O)[C@H](O)[C@H]1NC(C)=O. The van der Waals surface area contributed by atoms with Crippen LogP contribution in [-0.4, -0.2) is 76.8 Å². The Balaban J connectivity index is 2.97. The third kappa shape index (κ3) is 2.63. The summed E-state index contributed by atoms with van der Waals surface area (Å²) in [4.78, 5) is 11.0. The number of hydrogen-bond donors (Lipinski definition) is 5. The van der Waals surface area contributed by atoms with Crippen LogP contribution in [0.4, 0.5) is 0 Å². The van der Waals surface area contributed by atoms with Crippen LogP contribution in [0.25, 0.3) is 0 Å². The second-order valence-corrected chi connectivity index (χ2v) is 4.26. The highest BCUT2D eigenvalue weighted by Crippen LogP contribution is 2.30. The molecule has 0 aromatic carbocycles. The molecule has 0 aromatic heterocycles. The van der Waals surface area contributed by atoms with Crippen LogP contribution in [0.2, 0.25) is 0 Å². The molecule has 18 heavy (non-hydrogen) atoms. The van der Waals surface area contributed by atoms with Gasteiger partial charge in [-0.25, -0.2) is 0 Å². The maximum Gasteiger partial charge on any atom is 0.217 e. The lowest BCUT2D eigenvalue weighted by Crippen LogP contribution is -2.70. The topological polar surface area (TPSA) is 128 Å². The van der Waals surface area contributed by atoms with E-state index >= 15 is 0 Å². The minimum Gasteiger partial charge on any atom is -0.393 e. The van der Waals surface area contributed by atoms with Crippen LogP contribution in [0.15, 0.2) is 0 Å². The lowest BCUT2D eigenvalue weighted by Gasteiger charge is -2.48. The van der Waals surface area contributed by atoms with Crippen molar-refractivity contribution in [2.24, 2.45) is 0 Å². The van der Waals surface area contributed by atoms with Gasteiger partial charge in [-0.3, -0.25) is 4.79 Å². The van der Waals surface area contributed by atoms with E-state index in [0.717, 1.165) is 0 Å². The summed E-state index contributed by atoms with van der Waals surface area (Å²) in [5, 5.41) is 40.6. The smallest absolute Gasteiger partial charge is 0.217 e. The number of aliphatic hydroxyl groups excluding tert-OH is 4. The van der Waals surface area contributed by atoms with Crippen LogP contribution < -0.4 is 5.32 Å². The molecule has 1 heterocycles. The van der Waals surface area contributed by atoms with E-state index in [0.29, 0.717) is 0 Å². The summed E-state index contributed by atoms with van der Waals surface area (Å²) in [7, 11) is 1.28. The molecule has 1 saturated heterocycles. The molecule has 106 valence electrons. The average molecular weight is 265 g/mol. The van der Waals surface area contributed by atoms with E-state index in [2.05, 4.69) is 5.32 Å². The van der Waals surface area contributed by atoms with E-state index in [-0.39, 0.29) is 0 Å². The molecule has 4 atom stereocenters. The number of ether oxygens (including phenoxy) is 2. The molecule has 0 saturated carbocycles. The number of nitrogens with one attached hydrogen (secondary N) is 1. The van der Waals surface area contributed by atoms with Gasteiger partial charge in [0, 0.05) is 14.0 Å². The third-order valence-corrected chi connectivity index (χ3v) is 3.01. The van der Waals surface area contributed by atoms with Crippen molar-refractivity contribution in [3.05, 3.63) is 0 Å². The van der Waals surface area contributed by atoms with Crippen LogP contribution in [0.5, 0.6) is 0 Å². The predicted octanol–water partition coefficient (Wildman–Crippen LogP) is -3.06. The molecule has 1 amide bonds. The molecule has 1 rings (SSSR count). The maximum atomic E-state index is 11.0. The van der Waals surface area contributed by atoms with Crippen molar-refractivity contribution in [2.75, 3.05) is 20.3 Å². The van der Waals surface area contributed by atoms with Gasteiger partial charge in [0.25, 0.3) is 0 Å². The minimum absolute atomic E-state index is 0.433. The zero-order chi connectivity index (χ0) is 13.9. The van der Waals surface area contributed by atoms with Gasteiger partial charge in [0.15, 0.2) is 6.29 Å². The lowest BCUT2D eigenvalue weighted by atomic mass is 9.86. The van der Waals surface area contributed by atoms with Gasteiger partial charge in [0.05, 0.1) is 13.2 Å². The number of carbonyl (C=O) groups excluding carboxylic acids is 1. The Morgan fingerprint density at radius 2 is 1.94 bits per heavy atom. The molecular weight excluding hydrogens is 246 g/mol. The second kappa shape index (κ2) is 5.91. The Kier molecular flexibility index (Phi) is 5.02. The molecule has 0 bridgehead atoms. The summed E-state index contributed by atoms with van der Waals surface area (Å²) in [5.74, 6) is -0.433. The molecule has 0 spiro atoms. The van der Waals surface area contributed by atoms with Gasteiger partial charge in [0.2, 0.25) is 5.91 Å². The van der Waals surface area contributed by atoms with Crippen LogP contribution in [0.1, 0.15) is 6.92 Å². The number of carbonyl (C=O) groups is 1. The van der Waals surface area contributed by atoms with Gasteiger partial charge in [-0.2, -0.15) is 0 Å². The van der Waals surface area contributed by atoms with E-state index < -0.39 is 49.3 Å². The predicted molar refractivity (Wildman–Crippen MR) is 58.4 cm³/mol. The summed E-state index contributed by atoms with van der Waals surface area (Å²) in [6.45, 7) is -0.158. The fourth-order valence-corrected chi connectivity index (χ4v) is 1.94. The monoisotopic (exact) mass is 265 g/mol. The molecular formula is C10H19NO7. The molecule has 1 aliphatic rings. The molecule has 0 aliphatic carbocycles. The quantitative estimate of drug-likeness (QED) is 0.365. The van der Waals surface area contributed by atoms with E-state index in [1.165, 1.54) is 14.0 Å². The van der Waals surface area contributed by atoms with Crippen LogP contribution >= 0.6 is 0 Å². The Hall–Kier alpha value is -0.770. The number of methoxy groups -OCH3 is 1. The number of aliphatic hydroxyl groups is 4. The lowest BCUT2D eigenvalue weighted by molar-refractivity contribution is -0.314. The molecule has 0 unspecified atom stereocenters. The van der Waals surface area contributed by atoms with Crippen molar-refractivity contribution in [2.45, 2.75) is 37.1 Å². The third-order valence-electron chi connectivity index (χ3n) is 3.01. The minimum atomic E-state index is -1.73. The van der Waals surface area contributed by atoms with Crippen molar-refractivity contribution in [1.29, 1.82) is 0 Å². The summed E-state index contributed by atoms with van der Waals surface area (Å²) in [5.41, 5.74) is -1.73. The Labute approximate surface area is 104 Å². The van der Waals surface area contributed by atoms with Crippen molar-refractivity contribution < 1.29 is 34.7 Å². The van der Waals surface area contributed by atoms with Gasteiger partial charge >= 0.3 is 0 Å². The average Bonchev–Trinajstić information content (AvgIpc) is 2.36. The van der Waals surface area contributed by atoms with E-state index in [1.807, 2.05) is 0 Å². The molecule has 1 fully saturated rings. The number of rotatable bonds is 4. The van der Waals surface area contributed by atoms with Crippen molar-refractivity contribution in [3.8, 4) is 0 Å². The van der Waals surface area contributed by atoms with Gasteiger partial charge in [-0.1, -0.05) is 0 Å². The summed E-state index contributed by atoms with van der Waals surface area (Å²) in [6, 6.07) is -0.992. The summed E-state index contributed by atoms with van der Waals surface area (Å²) < 4.78 is 10.2. The molecule has 1 aliphatic heterocycles.